The van der Waals surface area contributed by atoms with Crippen molar-refractivity contribution in [1.29, 1.82) is 0 Å². The second-order valence-electron chi connectivity index (χ2n) is 13.5. The minimum atomic E-state index is 0.138. The predicted molar refractivity (Wildman–Crippen MR) is 173 cm³/mol. The van der Waals surface area contributed by atoms with E-state index in [4.69, 9.17) is 4.98 Å². The number of para-hydroxylation sites is 1. The molecule has 0 bridgehead atoms. The van der Waals surface area contributed by atoms with Gasteiger partial charge in [-0.1, -0.05) is 77.9 Å². The van der Waals surface area contributed by atoms with Gasteiger partial charge in [-0.3, -0.25) is 4.98 Å². The Balaban J connectivity index is 1.77. The largest absolute Gasteiger partial charge is 0.308 e. The fourth-order valence-corrected chi connectivity index (χ4v) is 7.48. The SMILES string of the molecule is CC(C)(C)Cc1ccc2c(CC(C)(C)C)c3c(cc2c1)c1nccc2cc(I)c4c5ccccc5n3c4c21. The lowest BCUT2D eigenvalue weighted by molar-refractivity contribution is 0.411. The molecular weight excluding hydrogens is 575 g/mol. The van der Waals surface area contributed by atoms with Crippen LogP contribution in [0.1, 0.15) is 52.7 Å². The van der Waals surface area contributed by atoms with Gasteiger partial charge in [0, 0.05) is 31.3 Å². The zero-order valence-electron chi connectivity index (χ0n) is 23.0. The molecule has 4 aromatic carbocycles. The van der Waals surface area contributed by atoms with Crippen LogP contribution in [-0.4, -0.2) is 9.38 Å². The summed E-state index contributed by atoms with van der Waals surface area (Å²) in [4.78, 5) is 5.07. The molecule has 0 fully saturated rings. The van der Waals surface area contributed by atoms with E-state index in [9.17, 15) is 0 Å². The van der Waals surface area contributed by atoms with Crippen LogP contribution in [-0.2, 0) is 12.8 Å². The van der Waals surface area contributed by atoms with Crippen LogP contribution in [0.2, 0.25) is 0 Å². The molecule has 0 saturated carbocycles. The Morgan fingerprint density at radius 2 is 1.47 bits per heavy atom. The summed E-state index contributed by atoms with van der Waals surface area (Å²) < 4.78 is 3.87. The van der Waals surface area contributed by atoms with Crippen LogP contribution in [0.4, 0.5) is 0 Å². The number of rotatable bonds is 2. The van der Waals surface area contributed by atoms with Crippen molar-refractivity contribution < 1.29 is 0 Å². The third kappa shape index (κ3) is 3.61. The fraction of sp³-hybridized carbons (Fsp3) is 0.286. The first-order valence-electron chi connectivity index (χ1n) is 13.6. The highest BCUT2D eigenvalue weighted by Gasteiger charge is 2.25. The van der Waals surface area contributed by atoms with Gasteiger partial charge in [0.25, 0.3) is 0 Å². The number of hydrogen-bond acceptors (Lipinski definition) is 1. The van der Waals surface area contributed by atoms with E-state index in [-0.39, 0.29) is 10.8 Å². The standard InChI is InChI=1S/C35H33IN2/c1-34(2,3)18-20-11-12-23-22(15-20)16-25-31-29-21(13-14-37-31)17-27(36)30-24-9-7-8-10-28(24)38(33(29)30)32(25)26(23)19-35(4,5)6/h7-17H,18-19H2,1-6H3. The van der Waals surface area contributed by atoms with Gasteiger partial charge < -0.3 is 4.40 Å². The van der Waals surface area contributed by atoms with E-state index in [0.717, 1.165) is 18.4 Å². The van der Waals surface area contributed by atoms with Gasteiger partial charge in [-0.2, -0.15) is 0 Å². The third-order valence-electron chi connectivity index (χ3n) is 7.82. The number of fused-ring (bicyclic) bond motifs is 7. The summed E-state index contributed by atoms with van der Waals surface area (Å²) in [6.07, 6.45) is 4.05. The number of benzene rings is 4. The highest BCUT2D eigenvalue weighted by atomic mass is 127. The van der Waals surface area contributed by atoms with Crippen molar-refractivity contribution in [2.24, 2.45) is 10.8 Å². The van der Waals surface area contributed by atoms with Crippen molar-refractivity contribution in [3.05, 3.63) is 81.6 Å². The maximum absolute atomic E-state index is 5.07. The molecule has 0 aliphatic rings. The Hall–Kier alpha value is -2.92. The van der Waals surface area contributed by atoms with Crippen LogP contribution < -0.4 is 0 Å². The molecule has 3 heterocycles. The predicted octanol–water partition coefficient (Wildman–Crippen LogP) is 10.3. The number of aromatic nitrogens is 2. The van der Waals surface area contributed by atoms with Crippen molar-refractivity contribution in [2.45, 2.75) is 54.4 Å². The monoisotopic (exact) mass is 608 g/mol. The second-order valence-corrected chi connectivity index (χ2v) is 14.6. The van der Waals surface area contributed by atoms with E-state index in [1.54, 1.807) is 0 Å². The maximum atomic E-state index is 5.07. The van der Waals surface area contributed by atoms with E-state index in [0.29, 0.717) is 0 Å². The molecule has 0 aliphatic heterocycles. The van der Waals surface area contributed by atoms with Crippen LogP contribution in [0.3, 0.4) is 0 Å². The average molecular weight is 609 g/mol. The molecule has 0 aliphatic carbocycles. The van der Waals surface area contributed by atoms with Gasteiger partial charge in [0.1, 0.15) is 0 Å². The highest BCUT2D eigenvalue weighted by Crippen LogP contribution is 2.45. The number of halogens is 1. The first kappa shape index (κ1) is 24.1. The Morgan fingerprint density at radius 1 is 0.711 bits per heavy atom. The molecule has 3 heteroatoms. The molecule has 0 unspecified atom stereocenters. The van der Waals surface area contributed by atoms with Gasteiger partial charge in [-0.15, -0.1) is 0 Å². The number of pyridine rings is 2. The lowest BCUT2D eigenvalue weighted by atomic mass is 9.83. The Morgan fingerprint density at radius 3 is 2.24 bits per heavy atom. The van der Waals surface area contributed by atoms with Gasteiger partial charge >= 0.3 is 0 Å². The van der Waals surface area contributed by atoms with Crippen molar-refractivity contribution in [3.8, 4) is 0 Å². The first-order chi connectivity index (χ1) is 18.0. The summed E-state index contributed by atoms with van der Waals surface area (Å²) >= 11 is 2.53. The van der Waals surface area contributed by atoms with Crippen molar-refractivity contribution in [3.63, 3.8) is 0 Å². The van der Waals surface area contributed by atoms with Gasteiger partial charge in [-0.05, 0) is 97.8 Å². The van der Waals surface area contributed by atoms with Crippen molar-refractivity contribution >= 4 is 82.4 Å². The fourth-order valence-electron chi connectivity index (χ4n) is 6.60. The molecule has 2 nitrogen and oxygen atoms in total. The zero-order valence-corrected chi connectivity index (χ0v) is 25.2. The normalized spacial score (nSPS) is 13.3. The second kappa shape index (κ2) is 8.05. The average Bonchev–Trinajstić information content (AvgIpc) is 3.18. The molecule has 0 saturated heterocycles. The molecule has 0 spiro atoms. The van der Waals surface area contributed by atoms with Crippen molar-refractivity contribution in [2.75, 3.05) is 0 Å². The van der Waals surface area contributed by atoms with Gasteiger partial charge in [-0.25, -0.2) is 0 Å². The summed E-state index contributed by atoms with van der Waals surface area (Å²) in [5.41, 5.74) is 8.23. The molecule has 190 valence electrons. The lowest BCUT2D eigenvalue weighted by Gasteiger charge is -2.24. The summed E-state index contributed by atoms with van der Waals surface area (Å²) in [7, 11) is 0. The lowest BCUT2D eigenvalue weighted by Crippen LogP contribution is -2.12. The topological polar surface area (TPSA) is 17.3 Å². The summed E-state index contributed by atoms with van der Waals surface area (Å²) in [5, 5.41) is 9.15. The van der Waals surface area contributed by atoms with E-state index >= 15 is 0 Å². The molecule has 3 aromatic heterocycles. The van der Waals surface area contributed by atoms with Crippen LogP contribution in [0.5, 0.6) is 0 Å². The van der Waals surface area contributed by atoms with Crippen LogP contribution in [0.25, 0.3) is 59.8 Å². The molecule has 38 heavy (non-hydrogen) atoms. The molecule has 0 radical (unpaired) electrons. The van der Waals surface area contributed by atoms with Crippen molar-refractivity contribution in [1.82, 2.24) is 9.38 Å². The Bertz CT molecular complexity index is 2050. The van der Waals surface area contributed by atoms with E-state index in [2.05, 4.69) is 129 Å². The van der Waals surface area contributed by atoms with Gasteiger partial charge in [0.15, 0.2) is 0 Å². The van der Waals surface area contributed by atoms with E-state index in [1.807, 2.05) is 6.20 Å². The van der Waals surface area contributed by atoms with E-state index in [1.165, 1.54) is 69.0 Å². The Kier molecular flexibility index (Phi) is 5.11. The van der Waals surface area contributed by atoms with E-state index < -0.39 is 0 Å². The molecule has 7 aromatic rings. The molecule has 0 atom stereocenters. The quantitative estimate of drug-likeness (QED) is 0.108. The number of nitrogens with zero attached hydrogens (tertiary/aromatic N) is 2. The maximum Gasteiger partial charge on any atom is 0.0823 e. The third-order valence-corrected chi connectivity index (χ3v) is 8.67. The summed E-state index contributed by atoms with van der Waals surface area (Å²) in [5.74, 6) is 0. The minimum absolute atomic E-state index is 0.138. The number of hydrogen-bond donors (Lipinski definition) is 0. The smallest absolute Gasteiger partial charge is 0.0823 e. The molecular formula is C35H33IN2. The molecule has 7 rings (SSSR count). The highest BCUT2D eigenvalue weighted by molar-refractivity contribution is 14.1. The first-order valence-corrected chi connectivity index (χ1v) is 14.7. The molecule has 0 amide bonds. The van der Waals surface area contributed by atoms with Gasteiger partial charge in [0.05, 0.1) is 22.1 Å². The van der Waals surface area contributed by atoms with Gasteiger partial charge in [0.2, 0.25) is 0 Å². The van der Waals surface area contributed by atoms with Crippen LogP contribution in [0, 0.1) is 14.4 Å². The zero-order chi connectivity index (χ0) is 26.6. The van der Waals surface area contributed by atoms with Crippen LogP contribution in [0.15, 0.2) is 66.9 Å². The summed E-state index contributed by atoms with van der Waals surface area (Å²) in [6, 6.07) is 23.0. The molecule has 0 N–H and O–H groups in total. The van der Waals surface area contributed by atoms with Crippen LogP contribution >= 0.6 is 22.6 Å². The summed E-state index contributed by atoms with van der Waals surface area (Å²) in [6.45, 7) is 14.0. The minimum Gasteiger partial charge on any atom is -0.308 e. The Labute approximate surface area is 237 Å².